The molecule has 1 saturated heterocycles. The Morgan fingerprint density at radius 3 is 2.29 bits per heavy atom. The van der Waals surface area contributed by atoms with Crippen molar-refractivity contribution >= 4 is 12.1 Å². The predicted molar refractivity (Wildman–Crippen MR) is 79.0 cm³/mol. The number of aliphatic carboxylic acids is 1. The monoisotopic (exact) mass is 297 g/mol. The van der Waals surface area contributed by atoms with Gasteiger partial charge in [-0.3, -0.25) is 4.79 Å². The van der Waals surface area contributed by atoms with E-state index in [0.717, 1.165) is 19.3 Å². The van der Waals surface area contributed by atoms with Gasteiger partial charge in [0.05, 0.1) is 5.92 Å². The van der Waals surface area contributed by atoms with Crippen LogP contribution in [-0.4, -0.2) is 40.8 Å². The van der Waals surface area contributed by atoms with E-state index in [0.29, 0.717) is 12.5 Å². The summed E-state index contributed by atoms with van der Waals surface area (Å²) in [7, 11) is 0. The van der Waals surface area contributed by atoms with Gasteiger partial charge in [-0.2, -0.15) is 0 Å². The summed E-state index contributed by atoms with van der Waals surface area (Å²) in [6, 6.07) is 0. The molecule has 1 heterocycles. The molecular weight excluding hydrogens is 270 g/mol. The summed E-state index contributed by atoms with van der Waals surface area (Å²) in [5.41, 5.74) is -0.544. The van der Waals surface area contributed by atoms with Crippen LogP contribution < -0.4 is 0 Å². The highest BCUT2D eigenvalue weighted by Crippen LogP contribution is 2.39. The average Bonchev–Trinajstić information content (AvgIpc) is 2.89. The Bertz CT molecular complexity index is 396. The van der Waals surface area contributed by atoms with E-state index >= 15 is 0 Å². The Hall–Kier alpha value is -1.26. The second kappa shape index (κ2) is 6.24. The van der Waals surface area contributed by atoms with Crippen LogP contribution in [0.3, 0.4) is 0 Å². The van der Waals surface area contributed by atoms with Gasteiger partial charge in [-0.05, 0) is 39.0 Å². The summed E-state index contributed by atoms with van der Waals surface area (Å²) >= 11 is 0. The molecule has 2 atom stereocenters. The van der Waals surface area contributed by atoms with Gasteiger partial charge in [0.2, 0.25) is 0 Å². The number of carboxylic acids is 1. The van der Waals surface area contributed by atoms with Crippen LogP contribution in [0, 0.1) is 17.8 Å². The molecule has 2 rings (SSSR count). The maximum atomic E-state index is 12.1. The number of rotatable bonds is 2. The van der Waals surface area contributed by atoms with E-state index in [1.807, 2.05) is 20.8 Å². The first-order chi connectivity index (χ1) is 9.78. The number of ether oxygens (including phenoxy) is 1. The zero-order valence-corrected chi connectivity index (χ0v) is 13.3. The molecule has 2 aliphatic rings. The van der Waals surface area contributed by atoms with Gasteiger partial charge >= 0.3 is 12.1 Å². The second-order valence-corrected chi connectivity index (χ2v) is 7.37. The number of likely N-dealkylation sites (tertiary alicyclic amines) is 1. The molecule has 21 heavy (non-hydrogen) atoms. The zero-order chi connectivity index (χ0) is 15.6. The summed E-state index contributed by atoms with van der Waals surface area (Å²) in [6.45, 7) is 6.37. The van der Waals surface area contributed by atoms with Crippen LogP contribution in [0.2, 0.25) is 0 Å². The van der Waals surface area contributed by atoms with Crippen molar-refractivity contribution in [2.75, 3.05) is 13.1 Å². The lowest BCUT2D eigenvalue weighted by molar-refractivity contribution is -0.146. The van der Waals surface area contributed by atoms with Crippen LogP contribution in [0.5, 0.6) is 0 Å². The summed E-state index contributed by atoms with van der Waals surface area (Å²) in [5.74, 6) is -0.495. The van der Waals surface area contributed by atoms with Crippen molar-refractivity contribution in [3.05, 3.63) is 0 Å². The highest BCUT2D eigenvalue weighted by molar-refractivity contribution is 5.73. The van der Waals surface area contributed by atoms with Crippen molar-refractivity contribution in [3.63, 3.8) is 0 Å². The molecule has 2 fully saturated rings. The molecule has 0 aromatic rings. The molecule has 1 saturated carbocycles. The van der Waals surface area contributed by atoms with Gasteiger partial charge in [0.1, 0.15) is 5.60 Å². The molecule has 1 aliphatic carbocycles. The molecule has 0 aromatic heterocycles. The van der Waals surface area contributed by atoms with E-state index in [-0.39, 0.29) is 12.5 Å². The van der Waals surface area contributed by atoms with Crippen molar-refractivity contribution < 1.29 is 19.4 Å². The Labute approximate surface area is 126 Å². The smallest absolute Gasteiger partial charge is 0.410 e. The third-order valence-corrected chi connectivity index (χ3v) is 4.64. The second-order valence-electron chi connectivity index (χ2n) is 7.37. The number of piperidine rings is 1. The number of nitrogens with zero attached hydrogens (tertiary/aromatic N) is 1. The lowest BCUT2D eigenvalue weighted by Gasteiger charge is -2.39. The van der Waals surface area contributed by atoms with Gasteiger partial charge in [-0.15, -0.1) is 0 Å². The number of amides is 1. The Balaban J connectivity index is 2.01. The third kappa shape index (κ3) is 4.11. The number of hydrogen-bond donors (Lipinski definition) is 1. The van der Waals surface area contributed by atoms with Crippen molar-refractivity contribution in [1.29, 1.82) is 0 Å². The van der Waals surface area contributed by atoms with E-state index < -0.39 is 23.6 Å². The number of carbonyl (C=O) groups excluding carboxylic acids is 1. The van der Waals surface area contributed by atoms with Gasteiger partial charge < -0.3 is 14.7 Å². The number of carbonyl (C=O) groups is 2. The summed E-state index contributed by atoms with van der Waals surface area (Å²) in [4.78, 5) is 25.3. The SMILES string of the molecule is CC(C)(C)OC(=O)N1CCC(C2CCCC2)C(C(=O)O)C1. The Kier molecular flexibility index (Phi) is 4.79. The van der Waals surface area contributed by atoms with E-state index in [1.54, 1.807) is 4.90 Å². The fourth-order valence-electron chi connectivity index (χ4n) is 3.67. The Morgan fingerprint density at radius 2 is 1.76 bits per heavy atom. The predicted octanol–water partition coefficient (Wildman–Crippen LogP) is 3.13. The maximum absolute atomic E-state index is 12.1. The molecule has 1 aliphatic heterocycles. The molecule has 1 amide bonds. The lowest BCUT2D eigenvalue weighted by atomic mass is 9.76. The lowest BCUT2D eigenvalue weighted by Crippen LogP contribution is -2.49. The summed E-state index contributed by atoms with van der Waals surface area (Å²) in [6.07, 6.45) is 5.09. The minimum atomic E-state index is -0.778. The first-order valence-electron chi connectivity index (χ1n) is 7.98. The maximum Gasteiger partial charge on any atom is 0.410 e. The molecular formula is C16H27NO4. The quantitative estimate of drug-likeness (QED) is 0.850. The topological polar surface area (TPSA) is 66.8 Å². The summed E-state index contributed by atoms with van der Waals surface area (Å²) in [5, 5.41) is 9.52. The van der Waals surface area contributed by atoms with Crippen LogP contribution in [-0.2, 0) is 9.53 Å². The highest BCUT2D eigenvalue weighted by atomic mass is 16.6. The molecule has 0 bridgehead atoms. The third-order valence-electron chi connectivity index (χ3n) is 4.64. The molecule has 120 valence electrons. The van der Waals surface area contributed by atoms with E-state index in [1.165, 1.54) is 12.8 Å². The fourth-order valence-corrected chi connectivity index (χ4v) is 3.67. The minimum Gasteiger partial charge on any atom is -0.481 e. The van der Waals surface area contributed by atoms with Crippen LogP contribution in [0.1, 0.15) is 52.9 Å². The van der Waals surface area contributed by atoms with Gasteiger partial charge in [-0.25, -0.2) is 4.79 Å². The van der Waals surface area contributed by atoms with Gasteiger partial charge in [0.15, 0.2) is 0 Å². The largest absolute Gasteiger partial charge is 0.481 e. The van der Waals surface area contributed by atoms with Crippen molar-refractivity contribution in [3.8, 4) is 0 Å². The first-order valence-corrected chi connectivity index (χ1v) is 7.98. The van der Waals surface area contributed by atoms with Gasteiger partial charge in [0, 0.05) is 13.1 Å². The van der Waals surface area contributed by atoms with E-state index in [2.05, 4.69) is 0 Å². The molecule has 5 heteroatoms. The summed E-state index contributed by atoms with van der Waals surface area (Å²) < 4.78 is 5.36. The van der Waals surface area contributed by atoms with Crippen LogP contribution in [0.4, 0.5) is 4.79 Å². The number of carboxylic acid groups (broad SMARTS) is 1. The molecule has 0 aromatic carbocycles. The fraction of sp³-hybridized carbons (Fsp3) is 0.875. The molecule has 2 unspecified atom stereocenters. The van der Waals surface area contributed by atoms with E-state index in [9.17, 15) is 14.7 Å². The molecule has 5 nitrogen and oxygen atoms in total. The van der Waals surface area contributed by atoms with Crippen molar-refractivity contribution in [2.24, 2.45) is 17.8 Å². The van der Waals surface area contributed by atoms with Gasteiger partial charge in [0.25, 0.3) is 0 Å². The minimum absolute atomic E-state index is 0.212. The first kappa shape index (κ1) is 16.1. The zero-order valence-electron chi connectivity index (χ0n) is 13.3. The van der Waals surface area contributed by atoms with Crippen molar-refractivity contribution in [1.82, 2.24) is 4.90 Å². The van der Waals surface area contributed by atoms with E-state index in [4.69, 9.17) is 4.74 Å². The van der Waals surface area contributed by atoms with Gasteiger partial charge in [-0.1, -0.05) is 25.7 Å². The van der Waals surface area contributed by atoms with Crippen molar-refractivity contribution in [2.45, 2.75) is 58.5 Å². The Morgan fingerprint density at radius 1 is 1.14 bits per heavy atom. The average molecular weight is 297 g/mol. The highest BCUT2D eigenvalue weighted by Gasteiger charge is 2.41. The van der Waals surface area contributed by atoms with Crippen LogP contribution >= 0.6 is 0 Å². The molecule has 1 N–H and O–H groups in total. The standard InChI is InChI=1S/C16H27NO4/c1-16(2,3)21-15(20)17-9-8-12(11-6-4-5-7-11)13(10-17)14(18)19/h11-13H,4-10H2,1-3H3,(H,18,19). The number of hydrogen-bond acceptors (Lipinski definition) is 3. The van der Waals surface area contributed by atoms with Crippen LogP contribution in [0.15, 0.2) is 0 Å². The normalized spacial score (nSPS) is 27.7. The molecule has 0 spiro atoms. The molecule has 0 radical (unpaired) electrons. The van der Waals surface area contributed by atoms with Crippen LogP contribution in [0.25, 0.3) is 0 Å².